The SMILES string of the molecule is COc1ccc(C2COCCN2)cc1C(F)(F)F. The van der Waals surface area contributed by atoms with Crippen LogP contribution in [-0.4, -0.2) is 26.9 Å². The lowest BCUT2D eigenvalue weighted by Gasteiger charge is -2.25. The number of hydrogen-bond donors (Lipinski definition) is 1. The Hall–Kier alpha value is -1.27. The van der Waals surface area contributed by atoms with E-state index in [1.807, 2.05) is 0 Å². The van der Waals surface area contributed by atoms with Crippen LogP contribution in [0, 0.1) is 0 Å². The highest BCUT2D eigenvalue weighted by Gasteiger charge is 2.35. The van der Waals surface area contributed by atoms with Crippen LogP contribution in [0.4, 0.5) is 13.2 Å². The first kappa shape index (κ1) is 13.2. The molecule has 0 radical (unpaired) electrons. The highest BCUT2D eigenvalue weighted by Crippen LogP contribution is 2.37. The van der Waals surface area contributed by atoms with Gasteiger partial charge >= 0.3 is 6.18 Å². The standard InChI is InChI=1S/C12H14F3NO2/c1-17-11-3-2-8(6-9(11)12(13,14)15)10-7-18-5-4-16-10/h2-3,6,10,16H,4-5,7H2,1H3. The molecule has 1 heterocycles. The molecule has 1 atom stereocenters. The molecule has 3 nitrogen and oxygen atoms in total. The number of rotatable bonds is 2. The van der Waals surface area contributed by atoms with Crippen molar-refractivity contribution in [2.24, 2.45) is 0 Å². The van der Waals surface area contributed by atoms with Crippen LogP contribution in [0.3, 0.4) is 0 Å². The Kier molecular flexibility index (Phi) is 3.77. The molecular weight excluding hydrogens is 247 g/mol. The van der Waals surface area contributed by atoms with Gasteiger partial charge in [-0.15, -0.1) is 0 Å². The molecule has 1 aliphatic heterocycles. The first-order valence-corrected chi connectivity index (χ1v) is 5.58. The summed E-state index contributed by atoms with van der Waals surface area (Å²) in [6.07, 6.45) is -4.42. The zero-order valence-electron chi connectivity index (χ0n) is 9.88. The van der Waals surface area contributed by atoms with Gasteiger partial charge < -0.3 is 14.8 Å². The number of morpholine rings is 1. The fraction of sp³-hybridized carbons (Fsp3) is 0.500. The van der Waals surface area contributed by atoms with Crippen LogP contribution in [0.1, 0.15) is 17.2 Å². The van der Waals surface area contributed by atoms with Crippen molar-refractivity contribution in [3.8, 4) is 5.75 Å². The maximum absolute atomic E-state index is 12.9. The van der Waals surface area contributed by atoms with Gasteiger partial charge in [-0.25, -0.2) is 0 Å². The lowest BCUT2D eigenvalue weighted by atomic mass is 10.0. The van der Waals surface area contributed by atoms with Gasteiger partial charge in [0.15, 0.2) is 0 Å². The molecule has 1 saturated heterocycles. The van der Waals surface area contributed by atoms with Gasteiger partial charge in [-0.1, -0.05) is 6.07 Å². The zero-order valence-corrected chi connectivity index (χ0v) is 9.88. The molecule has 1 unspecified atom stereocenters. The smallest absolute Gasteiger partial charge is 0.419 e. The van der Waals surface area contributed by atoms with E-state index < -0.39 is 11.7 Å². The molecule has 1 fully saturated rings. The summed E-state index contributed by atoms with van der Waals surface area (Å²) in [5, 5.41) is 3.12. The summed E-state index contributed by atoms with van der Waals surface area (Å²) in [5.74, 6) is -0.164. The first-order chi connectivity index (χ1) is 8.52. The van der Waals surface area contributed by atoms with Gasteiger partial charge in [-0.05, 0) is 17.7 Å². The Bertz CT molecular complexity index is 414. The second-order valence-corrected chi connectivity index (χ2v) is 4.04. The van der Waals surface area contributed by atoms with Crippen molar-refractivity contribution in [3.63, 3.8) is 0 Å². The van der Waals surface area contributed by atoms with E-state index in [0.29, 0.717) is 25.3 Å². The van der Waals surface area contributed by atoms with Crippen LogP contribution < -0.4 is 10.1 Å². The third kappa shape index (κ3) is 2.76. The average Bonchev–Trinajstić information content (AvgIpc) is 2.38. The molecular formula is C12H14F3NO2. The summed E-state index contributed by atoms with van der Waals surface area (Å²) >= 11 is 0. The maximum atomic E-state index is 12.9. The van der Waals surface area contributed by atoms with Gasteiger partial charge in [-0.3, -0.25) is 0 Å². The minimum Gasteiger partial charge on any atom is -0.496 e. The molecule has 0 aromatic heterocycles. The Morgan fingerprint density at radius 1 is 1.39 bits per heavy atom. The van der Waals surface area contributed by atoms with Crippen LogP contribution in [0.25, 0.3) is 0 Å². The van der Waals surface area contributed by atoms with E-state index in [4.69, 9.17) is 9.47 Å². The predicted molar refractivity (Wildman–Crippen MR) is 59.6 cm³/mol. The van der Waals surface area contributed by atoms with Gasteiger partial charge in [-0.2, -0.15) is 13.2 Å². The van der Waals surface area contributed by atoms with Crippen molar-refractivity contribution < 1.29 is 22.6 Å². The van der Waals surface area contributed by atoms with Gasteiger partial charge in [0.05, 0.1) is 31.9 Å². The Morgan fingerprint density at radius 3 is 2.72 bits per heavy atom. The predicted octanol–water partition coefficient (Wildman–Crippen LogP) is 2.37. The highest BCUT2D eigenvalue weighted by molar-refractivity contribution is 5.40. The van der Waals surface area contributed by atoms with Crippen LogP contribution in [0.2, 0.25) is 0 Å². The molecule has 1 aliphatic rings. The van der Waals surface area contributed by atoms with Crippen molar-refractivity contribution in [3.05, 3.63) is 29.3 Å². The fourth-order valence-electron chi connectivity index (χ4n) is 1.94. The molecule has 1 N–H and O–H groups in total. The first-order valence-electron chi connectivity index (χ1n) is 5.58. The molecule has 0 aliphatic carbocycles. The van der Waals surface area contributed by atoms with Crippen molar-refractivity contribution >= 4 is 0 Å². The van der Waals surface area contributed by atoms with E-state index in [-0.39, 0.29) is 11.8 Å². The Balaban J connectivity index is 2.33. The molecule has 18 heavy (non-hydrogen) atoms. The summed E-state index contributed by atoms with van der Waals surface area (Å²) in [6.45, 7) is 1.60. The van der Waals surface area contributed by atoms with Gasteiger partial charge in [0.2, 0.25) is 0 Å². The monoisotopic (exact) mass is 261 g/mol. The number of benzene rings is 1. The van der Waals surface area contributed by atoms with E-state index in [1.165, 1.54) is 13.2 Å². The number of hydrogen-bond acceptors (Lipinski definition) is 3. The second kappa shape index (κ2) is 5.16. The molecule has 0 bridgehead atoms. The number of nitrogens with one attached hydrogen (secondary N) is 1. The maximum Gasteiger partial charge on any atom is 0.419 e. The van der Waals surface area contributed by atoms with E-state index >= 15 is 0 Å². The molecule has 1 aromatic carbocycles. The zero-order chi connectivity index (χ0) is 13.2. The minimum atomic E-state index is -4.42. The highest BCUT2D eigenvalue weighted by atomic mass is 19.4. The van der Waals surface area contributed by atoms with Crippen molar-refractivity contribution in [2.75, 3.05) is 26.9 Å². The second-order valence-electron chi connectivity index (χ2n) is 4.04. The minimum absolute atomic E-state index is 0.164. The Morgan fingerprint density at radius 2 is 2.17 bits per heavy atom. The normalized spacial score (nSPS) is 20.8. The van der Waals surface area contributed by atoms with E-state index in [0.717, 1.165) is 6.07 Å². The molecule has 2 rings (SSSR count). The van der Waals surface area contributed by atoms with Crippen molar-refractivity contribution in [1.29, 1.82) is 0 Å². The van der Waals surface area contributed by atoms with E-state index in [1.54, 1.807) is 6.07 Å². The van der Waals surface area contributed by atoms with Crippen LogP contribution >= 0.6 is 0 Å². The van der Waals surface area contributed by atoms with Crippen LogP contribution in [-0.2, 0) is 10.9 Å². The lowest BCUT2D eigenvalue weighted by molar-refractivity contribution is -0.138. The molecule has 6 heteroatoms. The summed E-state index contributed by atoms with van der Waals surface area (Å²) in [4.78, 5) is 0. The van der Waals surface area contributed by atoms with Gasteiger partial charge in [0.1, 0.15) is 5.75 Å². The quantitative estimate of drug-likeness (QED) is 0.886. The molecule has 0 saturated carbocycles. The Labute approximate surface area is 103 Å². The summed E-state index contributed by atoms with van der Waals surface area (Å²) in [5.41, 5.74) is -0.197. The number of methoxy groups -OCH3 is 1. The van der Waals surface area contributed by atoms with Crippen molar-refractivity contribution in [2.45, 2.75) is 12.2 Å². The fourth-order valence-corrected chi connectivity index (χ4v) is 1.94. The number of alkyl halides is 3. The summed E-state index contributed by atoms with van der Waals surface area (Å²) in [7, 11) is 1.23. The average molecular weight is 261 g/mol. The van der Waals surface area contributed by atoms with Gasteiger partial charge in [0.25, 0.3) is 0 Å². The van der Waals surface area contributed by atoms with E-state index in [2.05, 4.69) is 5.32 Å². The third-order valence-corrected chi connectivity index (χ3v) is 2.85. The molecule has 0 amide bonds. The largest absolute Gasteiger partial charge is 0.496 e. The van der Waals surface area contributed by atoms with Crippen molar-refractivity contribution in [1.82, 2.24) is 5.32 Å². The van der Waals surface area contributed by atoms with Crippen LogP contribution in [0.5, 0.6) is 5.75 Å². The molecule has 0 spiro atoms. The third-order valence-electron chi connectivity index (χ3n) is 2.85. The number of ether oxygens (including phenoxy) is 2. The summed E-state index contributed by atoms with van der Waals surface area (Å²) in [6, 6.07) is 3.88. The number of halogens is 3. The molecule has 100 valence electrons. The van der Waals surface area contributed by atoms with E-state index in [9.17, 15) is 13.2 Å². The lowest BCUT2D eigenvalue weighted by Crippen LogP contribution is -2.34. The van der Waals surface area contributed by atoms with Crippen LogP contribution in [0.15, 0.2) is 18.2 Å². The topological polar surface area (TPSA) is 30.5 Å². The van der Waals surface area contributed by atoms with Gasteiger partial charge in [0, 0.05) is 6.54 Å². The molecule has 1 aromatic rings. The summed E-state index contributed by atoms with van der Waals surface area (Å²) < 4.78 is 48.5.